The molecule has 1 atom stereocenters. The zero-order valence-electron chi connectivity index (χ0n) is 14.5. The van der Waals surface area contributed by atoms with Crippen molar-refractivity contribution in [2.24, 2.45) is 0 Å². The summed E-state index contributed by atoms with van der Waals surface area (Å²) in [7, 11) is 3.82. The zero-order valence-corrected chi connectivity index (χ0v) is 14.5. The van der Waals surface area contributed by atoms with Crippen LogP contribution in [-0.4, -0.2) is 53.2 Å². The van der Waals surface area contributed by atoms with Crippen LogP contribution in [0.15, 0.2) is 18.6 Å². The highest BCUT2D eigenvalue weighted by atomic mass is 19.1. The van der Waals surface area contributed by atoms with Crippen molar-refractivity contribution in [2.75, 3.05) is 42.3 Å². The van der Waals surface area contributed by atoms with Gasteiger partial charge in [0.05, 0.1) is 5.69 Å². The predicted octanol–water partition coefficient (Wildman–Crippen LogP) is 2.04. The predicted molar refractivity (Wildman–Crippen MR) is 94.6 cm³/mol. The summed E-state index contributed by atoms with van der Waals surface area (Å²) in [6.07, 6.45) is 6.19. The van der Waals surface area contributed by atoms with Crippen molar-refractivity contribution in [1.29, 1.82) is 0 Å². The molecule has 0 spiro atoms. The van der Waals surface area contributed by atoms with Crippen LogP contribution >= 0.6 is 0 Å². The van der Waals surface area contributed by atoms with Crippen LogP contribution in [0, 0.1) is 5.82 Å². The van der Waals surface area contributed by atoms with Gasteiger partial charge in [0.2, 0.25) is 5.95 Å². The molecule has 2 aromatic heterocycles. The maximum absolute atomic E-state index is 14.7. The Morgan fingerprint density at radius 2 is 2.04 bits per heavy atom. The fourth-order valence-corrected chi connectivity index (χ4v) is 3.16. The summed E-state index contributed by atoms with van der Waals surface area (Å²) < 4.78 is 14.7. The standard InChI is InChI=1S/C17H22FN7/c1-24(2)17-19-7-5-13(23-17)22-12-6-8-25(9-12)16-14(18)15(11-3-4-11)20-10-21-16/h5,7,10-12H,3-4,6,8-9H2,1-2H3,(H,19,22,23). The highest BCUT2D eigenvalue weighted by Crippen LogP contribution is 2.41. The average Bonchev–Trinajstić information content (AvgIpc) is 3.35. The van der Waals surface area contributed by atoms with Crippen LogP contribution in [0.1, 0.15) is 30.9 Å². The number of rotatable bonds is 5. The average molecular weight is 343 g/mol. The molecule has 1 N–H and O–H groups in total. The van der Waals surface area contributed by atoms with Gasteiger partial charge in [-0.25, -0.2) is 19.3 Å². The van der Waals surface area contributed by atoms with Gasteiger partial charge in [0.1, 0.15) is 12.1 Å². The van der Waals surface area contributed by atoms with Crippen LogP contribution < -0.4 is 15.1 Å². The van der Waals surface area contributed by atoms with Crippen molar-refractivity contribution in [3.63, 3.8) is 0 Å². The summed E-state index contributed by atoms with van der Waals surface area (Å²) in [6, 6.07) is 2.05. The number of halogens is 1. The topological polar surface area (TPSA) is 70.1 Å². The molecule has 0 amide bonds. The van der Waals surface area contributed by atoms with Crippen LogP contribution in [0.3, 0.4) is 0 Å². The van der Waals surface area contributed by atoms with E-state index in [4.69, 9.17) is 0 Å². The van der Waals surface area contributed by atoms with E-state index < -0.39 is 0 Å². The molecule has 2 aliphatic rings. The van der Waals surface area contributed by atoms with E-state index in [0.29, 0.717) is 24.0 Å². The second-order valence-electron chi connectivity index (χ2n) is 6.88. The maximum Gasteiger partial charge on any atom is 0.226 e. The number of nitrogens with one attached hydrogen (secondary N) is 1. The Kier molecular flexibility index (Phi) is 4.10. The third kappa shape index (κ3) is 3.33. The molecule has 2 fully saturated rings. The van der Waals surface area contributed by atoms with E-state index in [0.717, 1.165) is 31.6 Å². The summed E-state index contributed by atoms with van der Waals surface area (Å²) in [5.41, 5.74) is 0.577. The Balaban J connectivity index is 1.45. The molecule has 3 heterocycles. The van der Waals surface area contributed by atoms with Gasteiger partial charge in [-0.1, -0.05) is 0 Å². The lowest BCUT2D eigenvalue weighted by Crippen LogP contribution is -2.28. The Morgan fingerprint density at radius 3 is 2.80 bits per heavy atom. The van der Waals surface area contributed by atoms with Crippen molar-refractivity contribution in [2.45, 2.75) is 31.2 Å². The molecule has 1 unspecified atom stereocenters. The van der Waals surface area contributed by atoms with Gasteiger partial charge in [-0.2, -0.15) is 4.98 Å². The quantitative estimate of drug-likeness (QED) is 0.891. The molecular formula is C17H22FN7. The molecule has 1 saturated carbocycles. The van der Waals surface area contributed by atoms with E-state index in [1.54, 1.807) is 6.20 Å². The summed E-state index contributed by atoms with van der Waals surface area (Å²) in [5.74, 6) is 1.91. The molecule has 4 rings (SSSR count). The molecule has 7 nitrogen and oxygen atoms in total. The molecule has 1 aliphatic carbocycles. The van der Waals surface area contributed by atoms with Crippen LogP contribution in [0.5, 0.6) is 0 Å². The van der Waals surface area contributed by atoms with Crippen LogP contribution in [0.2, 0.25) is 0 Å². The van der Waals surface area contributed by atoms with E-state index in [-0.39, 0.29) is 17.8 Å². The Bertz CT molecular complexity index is 762. The van der Waals surface area contributed by atoms with Gasteiger partial charge in [-0.05, 0) is 25.3 Å². The Hall–Kier alpha value is -2.51. The number of hydrogen-bond acceptors (Lipinski definition) is 7. The number of aromatic nitrogens is 4. The molecule has 0 radical (unpaired) electrons. The second-order valence-corrected chi connectivity index (χ2v) is 6.88. The van der Waals surface area contributed by atoms with Gasteiger partial charge in [0.25, 0.3) is 0 Å². The SMILES string of the molecule is CN(C)c1nccc(NC2CCN(c3ncnc(C4CC4)c3F)C2)n1. The third-order valence-electron chi connectivity index (χ3n) is 4.64. The molecule has 0 bridgehead atoms. The van der Waals surface area contributed by atoms with E-state index in [2.05, 4.69) is 25.3 Å². The lowest BCUT2D eigenvalue weighted by molar-refractivity contribution is 0.586. The number of nitrogens with zero attached hydrogens (tertiary/aromatic N) is 6. The molecule has 8 heteroatoms. The fraction of sp³-hybridized carbons (Fsp3) is 0.529. The van der Waals surface area contributed by atoms with Crippen molar-refractivity contribution in [1.82, 2.24) is 19.9 Å². The van der Waals surface area contributed by atoms with Crippen molar-refractivity contribution in [3.05, 3.63) is 30.1 Å². The highest BCUT2D eigenvalue weighted by molar-refractivity contribution is 5.46. The largest absolute Gasteiger partial charge is 0.365 e. The molecule has 25 heavy (non-hydrogen) atoms. The third-order valence-corrected chi connectivity index (χ3v) is 4.64. The number of anilines is 3. The number of hydrogen-bond donors (Lipinski definition) is 1. The molecule has 132 valence electrons. The molecule has 1 saturated heterocycles. The van der Waals surface area contributed by atoms with Gasteiger partial charge >= 0.3 is 0 Å². The summed E-state index contributed by atoms with van der Waals surface area (Å²) in [4.78, 5) is 20.9. The molecular weight excluding hydrogens is 321 g/mol. The lowest BCUT2D eigenvalue weighted by Gasteiger charge is -2.19. The van der Waals surface area contributed by atoms with Gasteiger partial charge in [-0.15, -0.1) is 0 Å². The van der Waals surface area contributed by atoms with Crippen molar-refractivity contribution >= 4 is 17.6 Å². The molecule has 0 aromatic carbocycles. The summed E-state index contributed by atoms with van der Waals surface area (Å²) >= 11 is 0. The van der Waals surface area contributed by atoms with Gasteiger partial charge in [0, 0.05) is 45.3 Å². The Morgan fingerprint density at radius 1 is 1.20 bits per heavy atom. The van der Waals surface area contributed by atoms with Gasteiger partial charge in [0.15, 0.2) is 11.6 Å². The van der Waals surface area contributed by atoms with Crippen LogP contribution in [0.25, 0.3) is 0 Å². The van der Waals surface area contributed by atoms with Gasteiger partial charge in [-0.3, -0.25) is 0 Å². The van der Waals surface area contributed by atoms with E-state index in [1.165, 1.54) is 6.33 Å². The first-order valence-corrected chi connectivity index (χ1v) is 8.64. The monoisotopic (exact) mass is 343 g/mol. The summed E-state index contributed by atoms with van der Waals surface area (Å²) in [5, 5.41) is 3.42. The first-order valence-electron chi connectivity index (χ1n) is 8.64. The van der Waals surface area contributed by atoms with Crippen molar-refractivity contribution in [3.8, 4) is 0 Å². The minimum Gasteiger partial charge on any atom is -0.365 e. The van der Waals surface area contributed by atoms with E-state index >= 15 is 0 Å². The zero-order chi connectivity index (χ0) is 17.4. The Labute approximate surface area is 146 Å². The van der Waals surface area contributed by atoms with Crippen LogP contribution in [0.4, 0.5) is 22.0 Å². The normalized spacial score (nSPS) is 20.0. The molecule has 2 aromatic rings. The summed E-state index contributed by atoms with van der Waals surface area (Å²) in [6.45, 7) is 1.46. The van der Waals surface area contributed by atoms with E-state index in [9.17, 15) is 4.39 Å². The minimum atomic E-state index is -0.248. The fourth-order valence-electron chi connectivity index (χ4n) is 3.16. The smallest absolute Gasteiger partial charge is 0.226 e. The minimum absolute atomic E-state index is 0.198. The van der Waals surface area contributed by atoms with Gasteiger partial charge < -0.3 is 15.1 Å². The second kappa shape index (κ2) is 6.42. The molecule has 1 aliphatic heterocycles. The van der Waals surface area contributed by atoms with Crippen LogP contribution in [-0.2, 0) is 0 Å². The highest BCUT2D eigenvalue weighted by Gasteiger charge is 2.32. The lowest BCUT2D eigenvalue weighted by atomic mass is 10.2. The first kappa shape index (κ1) is 16.0. The maximum atomic E-state index is 14.7. The first-order chi connectivity index (χ1) is 12.1. The van der Waals surface area contributed by atoms with Crippen molar-refractivity contribution < 1.29 is 4.39 Å². The van der Waals surface area contributed by atoms with E-state index in [1.807, 2.05) is 30.0 Å².